The molecule has 5 nitrogen and oxygen atoms in total. The highest BCUT2D eigenvalue weighted by atomic mass is 79.9. The van der Waals surface area contributed by atoms with Crippen LogP contribution in [0.15, 0.2) is 11.1 Å². The second kappa shape index (κ2) is 5.34. The van der Waals surface area contributed by atoms with Crippen LogP contribution in [0.3, 0.4) is 0 Å². The average Bonchev–Trinajstić information content (AvgIpc) is 2.64. The molecule has 0 unspecified atom stereocenters. The first-order chi connectivity index (χ1) is 7.46. The van der Waals surface area contributed by atoms with Crippen molar-refractivity contribution in [1.29, 1.82) is 0 Å². The third kappa shape index (κ3) is 3.23. The van der Waals surface area contributed by atoms with Gasteiger partial charge in [0.05, 0.1) is 6.54 Å². The number of carboxylic acids is 1. The van der Waals surface area contributed by atoms with Crippen LogP contribution in [0, 0.1) is 0 Å². The number of nitrogens with one attached hydrogen (secondary N) is 2. The molecule has 0 aliphatic heterocycles. The van der Waals surface area contributed by atoms with Crippen molar-refractivity contribution in [3.8, 4) is 0 Å². The predicted octanol–water partition coefficient (Wildman–Crippen LogP) is 1.59. The third-order valence-corrected chi connectivity index (χ3v) is 2.94. The summed E-state index contributed by atoms with van der Waals surface area (Å²) in [6.07, 6.45) is 2.64. The Bertz CT molecular complexity index is 311. The lowest BCUT2D eigenvalue weighted by molar-refractivity contribution is -0.144. The number of hydrogen-bond donors (Lipinski definition) is 3. The summed E-state index contributed by atoms with van der Waals surface area (Å²) < 4.78 is 0.637. The monoisotopic (exact) mass is 290 g/mol. The zero-order valence-electron chi connectivity index (χ0n) is 8.88. The SMILES string of the molecule is C=C(Br)CNC(=O)NC1(C(=O)O)CCCC1. The molecule has 0 atom stereocenters. The van der Waals surface area contributed by atoms with E-state index in [-0.39, 0.29) is 6.54 Å². The summed E-state index contributed by atoms with van der Waals surface area (Å²) in [4.78, 5) is 22.6. The normalized spacial score (nSPS) is 17.8. The number of halogens is 1. The molecule has 90 valence electrons. The maximum absolute atomic E-state index is 11.5. The summed E-state index contributed by atoms with van der Waals surface area (Å²) in [5, 5.41) is 14.2. The van der Waals surface area contributed by atoms with Crippen molar-refractivity contribution >= 4 is 27.9 Å². The molecular formula is C10H15BrN2O3. The van der Waals surface area contributed by atoms with Gasteiger partial charge in [-0.2, -0.15) is 0 Å². The molecule has 0 radical (unpaired) electrons. The van der Waals surface area contributed by atoms with Gasteiger partial charge in [-0.1, -0.05) is 35.4 Å². The van der Waals surface area contributed by atoms with Crippen LogP contribution < -0.4 is 10.6 Å². The Hall–Kier alpha value is -1.04. The second-order valence-corrected chi connectivity index (χ2v) is 5.04. The molecule has 0 heterocycles. The van der Waals surface area contributed by atoms with Crippen LogP contribution in [-0.4, -0.2) is 29.2 Å². The summed E-state index contributed by atoms with van der Waals surface area (Å²) in [6.45, 7) is 3.85. The van der Waals surface area contributed by atoms with Crippen LogP contribution >= 0.6 is 15.9 Å². The van der Waals surface area contributed by atoms with E-state index in [0.717, 1.165) is 12.8 Å². The molecular weight excluding hydrogens is 276 g/mol. The average molecular weight is 291 g/mol. The van der Waals surface area contributed by atoms with E-state index in [1.807, 2.05) is 0 Å². The molecule has 1 aliphatic carbocycles. The van der Waals surface area contributed by atoms with Gasteiger partial charge in [-0.15, -0.1) is 0 Å². The number of rotatable bonds is 4. The Morgan fingerprint density at radius 1 is 1.38 bits per heavy atom. The molecule has 0 spiro atoms. The Kier molecular flexibility index (Phi) is 4.35. The van der Waals surface area contributed by atoms with E-state index in [0.29, 0.717) is 17.3 Å². The van der Waals surface area contributed by atoms with Crippen LogP contribution in [-0.2, 0) is 4.79 Å². The Morgan fingerprint density at radius 2 is 1.94 bits per heavy atom. The largest absolute Gasteiger partial charge is 0.480 e. The van der Waals surface area contributed by atoms with Crippen LogP contribution in [0.2, 0.25) is 0 Å². The van der Waals surface area contributed by atoms with Crippen molar-refractivity contribution in [2.75, 3.05) is 6.54 Å². The number of hydrogen-bond acceptors (Lipinski definition) is 2. The topological polar surface area (TPSA) is 78.4 Å². The van der Waals surface area contributed by atoms with Crippen molar-refractivity contribution in [2.45, 2.75) is 31.2 Å². The van der Waals surface area contributed by atoms with Gasteiger partial charge in [0.25, 0.3) is 0 Å². The van der Waals surface area contributed by atoms with E-state index >= 15 is 0 Å². The minimum atomic E-state index is -1.09. The lowest BCUT2D eigenvalue weighted by Gasteiger charge is -2.25. The first kappa shape index (κ1) is 13.0. The molecule has 6 heteroatoms. The molecule has 2 amide bonds. The molecule has 0 aromatic carbocycles. The van der Waals surface area contributed by atoms with Gasteiger partial charge < -0.3 is 15.7 Å². The highest BCUT2D eigenvalue weighted by Gasteiger charge is 2.42. The molecule has 0 aromatic heterocycles. The summed E-state index contributed by atoms with van der Waals surface area (Å²) in [5.41, 5.74) is -1.09. The van der Waals surface area contributed by atoms with E-state index < -0.39 is 17.5 Å². The van der Waals surface area contributed by atoms with Gasteiger partial charge in [-0.05, 0) is 12.8 Å². The van der Waals surface area contributed by atoms with Gasteiger partial charge in [-0.3, -0.25) is 0 Å². The van der Waals surface area contributed by atoms with Crippen molar-refractivity contribution in [2.24, 2.45) is 0 Å². The molecule has 1 aliphatic rings. The van der Waals surface area contributed by atoms with E-state index in [9.17, 15) is 9.59 Å². The van der Waals surface area contributed by atoms with Crippen LogP contribution in [0.25, 0.3) is 0 Å². The molecule has 1 saturated carbocycles. The minimum absolute atomic E-state index is 0.279. The van der Waals surface area contributed by atoms with Gasteiger partial charge in [0.1, 0.15) is 5.54 Å². The van der Waals surface area contributed by atoms with Crippen molar-refractivity contribution < 1.29 is 14.7 Å². The second-order valence-electron chi connectivity index (χ2n) is 3.92. The molecule has 3 N–H and O–H groups in total. The molecule has 0 bridgehead atoms. The van der Waals surface area contributed by atoms with E-state index in [1.165, 1.54) is 0 Å². The Balaban J connectivity index is 2.52. The van der Waals surface area contributed by atoms with Crippen molar-refractivity contribution in [3.05, 3.63) is 11.1 Å². The summed E-state index contributed by atoms with van der Waals surface area (Å²) in [6, 6.07) is -0.468. The highest BCUT2D eigenvalue weighted by Crippen LogP contribution is 2.29. The maximum Gasteiger partial charge on any atom is 0.329 e. The van der Waals surface area contributed by atoms with E-state index in [1.54, 1.807) is 0 Å². The highest BCUT2D eigenvalue weighted by molar-refractivity contribution is 9.11. The van der Waals surface area contributed by atoms with Crippen LogP contribution in [0.4, 0.5) is 4.79 Å². The fourth-order valence-corrected chi connectivity index (χ4v) is 1.95. The first-order valence-corrected chi connectivity index (χ1v) is 5.88. The zero-order chi connectivity index (χ0) is 12.2. The summed E-state index contributed by atoms with van der Waals surface area (Å²) in [7, 11) is 0. The van der Waals surface area contributed by atoms with Gasteiger partial charge in [0.15, 0.2) is 0 Å². The summed E-state index contributed by atoms with van der Waals surface area (Å²) >= 11 is 3.10. The smallest absolute Gasteiger partial charge is 0.329 e. The van der Waals surface area contributed by atoms with E-state index in [2.05, 4.69) is 33.1 Å². The number of urea groups is 1. The third-order valence-electron chi connectivity index (χ3n) is 2.66. The van der Waals surface area contributed by atoms with Crippen LogP contribution in [0.5, 0.6) is 0 Å². The predicted molar refractivity (Wildman–Crippen MR) is 63.4 cm³/mol. The minimum Gasteiger partial charge on any atom is -0.480 e. The van der Waals surface area contributed by atoms with Gasteiger partial charge in [0.2, 0.25) is 0 Å². The summed E-state index contributed by atoms with van der Waals surface area (Å²) in [5.74, 6) is -0.960. The molecule has 1 fully saturated rings. The van der Waals surface area contributed by atoms with Crippen molar-refractivity contribution in [3.63, 3.8) is 0 Å². The fourth-order valence-electron chi connectivity index (χ4n) is 1.81. The molecule has 0 saturated heterocycles. The Labute approximate surface area is 102 Å². The fraction of sp³-hybridized carbons (Fsp3) is 0.600. The number of carboxylic acid groups (broad SMARTS) is 1. The number of carbonyl (C=O) groups is 2. The molecule has 0 aromatic rings. The number of aliphatic carboxylic acids is 1. The van der Waals surface area contributed by atoms with Crippen molar-refractivity contribution in [1.82, 2.24) is 10.6 Å². The molecule has 1 rings (SSSR count). The van der Waals surface area contributed by atoms with Gasteiger partial charge in [0, 0.05) is 4.48 Å². The quantitative estimate of drug-likeness (QED) is 0.736. The maximum atomic E-state index is 11.5. The van der Waals surface area contributed by atoms with E-state index in [4.69, 9.17) is 5.11 Å². The molecule has 16 heavy (non-hydrogen) atoms. The number of amides is 2. The van der Waals surface area contributed by atoms with Gasteiger partial charge in [-0.25, -0.2) is 9.59 Å². The first-order valence-electron chi connectivity index (χ1n) is 5.09. The standard InChI is InChI=1S/C10H15BrN2O3/c1-7(11)6-12-9(16)13-10(8(14)15)4-2-3-5-10/h1-6H2,(H,14,15)(H2,12,13,16). The zero-order valence-corrected chi connectivity index (χ0v) is 10.5. The lowest BCUT2D eigenvalue weighted by Crippen LogP contribution is -2.55. The van der Waals surface area contributed by atoms with Gasteiger partial charge >= 0.3 is 12.0 Å². The number of carbonyl (C=O) groups excluding carboxylic acids is 1. The van der Waals surface area contributed by atoms with Crippen LogP contribution in [0.1, 0.15) is 25.7 Å². The Morgan fingerprint density at radius 3 is 2.38 bits per heavy atom. The lowest BCUT2D eigenvalue weighted by atomic mass is 9.98.